The van der Waals surface area contributed by atoms with Gasteiger partial charge in [0.2, 0.25) is 5.91 Å². The fraction of sp³-hybridized carbons (Fsp3) is 0.333. The number of hydrogen-bond donors (Lipinski definition) is 3. The molecule has 0 radical (unpaired) electrons. The summed E-state index contributed by atoms with van der Waals surface area (Å²) in [5, 5.41) is 13.8. The lowest BCUT2D eigenvalue weighted by atomic mass is 9.99. The third-order valence-electron chi connectivity index (χ3n) is 6.56. The van der Waals surface area contributed by atoms with Crippen LogP contribution in [0.3, 0.4) is 0 Å². The number of H-pyrrole nitrogens is 1. The van der Waals surface area contributed by atoms with Crippen molar-refractivity contribution in [3.63, 3.8) is 0 Å². The number of aromatic nitrogens is 4. The number of hydrogen-bond acceptors (Lipinski definition) is 5. The molecule has 1 fully saturated rings. The SMILES string of the molecule is CNc1nc2[nH]c(-c3cccc(CC4CN(C(C)=O)CCN4C(=O)O)c3)cc2c2c1ncn2C. The third kappa shape index (κ3) is 3.70. The first-order chi connectivity index (χ1) is 16.4. The second-order valence-corrected chi connectivity index (χ2v) is 8.71. The van der Waals surface area contributed by atoms with Crippen LogP contribution in [0.15, 0.2) is 36.7 Å². The fourth-order valence-corrected chi connectivity index (χ4v) is 4.83. The summed E-state index contributed by atoms with van der Waals surface area (Å²) in [5.41, 5.74) is 5.49. The molecule has 1 aliphatic heterocycles. The van der Waals surface area contributed by atoms with Crippen molar-refractivity contribution in [2.24, 2.45) is 7.05 Å². The van der Waals surface area contributed by atoms with Gasteiger partial charge in [-0.3, -0.25) is 4.79 Å². The van der Waals surface area contributed by atoms with Gasteiger partial charge in [0.1, 0.15) is 11.2 Å². The minimum Gasteiger partial charge on any atom is -0.465 e. The quantitative estimate of drug-likeness (QED) is 0.430. The van der Waals surface area contributed by atoms with Crippen molar-refractivity contribution >= 4 is 39.9 Å². The summed E-state index contributed by atoms with van der Waals surface area (Å²) < 4.78 is 1.98. The predicted molar refractivity (Wildman–Crippen MR) is 130 cm³/mol. The van der Waals surface area contributed by atoms with E-state index in [1.807, 2.05) is 36.9 Å². The highest BCUT2D eigenvalue weighted by molar-refractivity contribution is 6.07. The van der Waals surface area contributed by atoms with E-state index in [1.165, 1.54) is 11.8 Å². The molecule has 2 amide bonds. The lowest BCUT2D eigenvalue weighted by Crippen LogP contribution is -2.56. The number of rotatable bonds is 4. The first-order valence-electron chi connectivity index (χ1n) is 11.2. The molecule has 3 N–H and O–H groups in total. The molecule has 1 aromatic carbocycles. The Balaban J connectivity index is 1.49. The molecule has 4 aromatic rings. The summed E-state index contributed by atoms with van der Waals surface area (Å²) in [7, 11) is 3.79. The van der Waals surface area contributed by atoms with E-state index in [0.29, 0.717) is 31.9 Å². The number of piperazine rings is 1. The van der Waals surface area contributed by atoms with E-state index in [0.717, 1.165) is 38.9 Å². The average molecular weight is 462 g/mol. The van der Waals surface area contributed by atoms with Gasteiger partial charge >= 0.3 is 6.09 Å². The van der Waals surface area contributed by atoms with E-state index in [4.69, 9.17) is 4.98 Å². The smallest absolute Gasteiger partial charge is 0.407 e. The van der Waals surface area contributed by atoms with E-state index in [1.54, 1.807) is 11.2 Å². The number of imidazole rings is 1. The Morgan fingerprint density at radius 3 is 2.82 bits per heavy atom. The number of aromatic amines is 1. The molecule has 1 aliphatic rings. The minimum absolute atomic E-state index is 0.0308. The second-order valence-electron chi connectivity index (χ2n) is 8.71. The molecule has 0 aliphatic carbocycles. The predicted octanol–water partition coefficient (Wildman–Crippen LogP) is 2.91. The zero-order valence-corrected chi connectivity index (χ0v) is 19.4. The van der Waals surface area contributed by atoms with Gasteiger partial charge in [-0.15, -0.1) is 0 Å². The number of amides is 2. The van der Waals surface area contributed by atoms with Crippen molar-refractivity contribution in [3.8, 4) is 11.3 Å². The number of nitrogens with zero attached hydrogens (tertiary/aromatic N) is 5. The van der Waals surface area contributed by atoms with Crippen LogP contribution < -0.4 is 5.32 Å². The number of carbonyl (C=O) groups is 2. The van der Waals surface area contributed by atoms with E-state index >= 15 is 0 Å². The first kappa shape index (κ1) is 21.7. The normalized spacial score (nSPS) is 16.4. The maximum Gasteiger partial charge on any atom is 0.407 e. The number of aryl methyl sites for hydroxylation is 1. The van der Waals surface area contributed by atoms with Crippen LogP contribution in [0.25, 0.3) is 33.3 Å². The van der Waals surface area contributed by atoms with Gasteiger partial charge in [0.25, 0.3) is 0 Å². The maximum atomic E-state index is 11.9. The van der Waals surface area contributed by atoms with E-state index < -0.39 is 6.09 Å². The molecule has 3 aromatic heterocycles. The topological polar surface area (TPSA) is 119 Å². The third-order valence-corrected chi connectivity index (χ3v) is 6.56. The monoisotopic (exact) mass is 461 g/mol. The molecule has 1 saturated heterocycles. The summed E-state index contributed by atoms with van der Waals surface area (Å²) in [6, 6.07) is 9.84. The van der Waals surface area contributed by atoms with Crippen LogP contribution in [0.4, 0.5) is 10.6 Å². The molecule has 10 heteroatoms. The standard InChI is InChI=1S/C24H27N7O3/c1-14(32)30-7-8-31(24(33)34)17(12-30)10-15-5-4-6-16(9-15)19-11-18-21-20(26-13-29(21)3)23(25-2)28-22(18)27-19/h4-6,9,11,13,17H,7-8,10,12H2,1-3H3,(H,33,34)(H2,25,27,28). The zero-order chi connectivity index (χ0) is 24.0. The van der Waals surface area contributed by atoms with Crippen molar-refractivity contribution < 1.29 is 14.7 Å². The molecular formula is C24H27N7O3. The van der Waals surface area contributed by atoms with Gasteiger partial charge in [-0.2, -0.15) is 0 Å². The molecule has 0 saturated carbocycles. The van der Waals surface area contributed by atoms with Crippen LogP contribution in [0.5, 0.6) is 0 Å². The number of anilines is 1. The average Bonchev–Trinajstić information content (AvgIpc) is 3.42. The summed E-state index contributed by atoms with van der Waals surface area (Å²) in [6.45, 7) is 2.67. The first-order valence-corrected chi connectivity index (χ1v) is 11.2. The Hall–Kier alpha value is -4.08. The number of pyridine rings is 1. The van der Waals surface area contributed by atoms with Crippen LogP contribution >= 0.6 is 0 Å². The number of fused-ring (bicyclic) bond motifs is 3. The maximum absolute atomic E-state index is 11.9. The molecule has 0 bridgehead atoms. The Bertz CT molecular complexity index is 1410. The summed E-state index contributed by atoms with van der Waals surface area (Å²) >= 11 is 0. The van der Waals surface area contributed by atoms with Gasteiger partial charge in [0.15, 0.2) is 5.82 Å². The van der Waals surface area contributed by atoms with Gasteiger partial charge in [-0.1, -0.05) is 18.2 Å². The Morgan fingerprint density at radius 2 is 2.09 bits per heavy atom. The molecule has 176 valence electrons. The zero-order valence-electron chi connectivity index (χ0n) is 19.4. The van der Waals surface area contributed by atoms with Gasteiger partial charge in [0, 0.05) is 51.7 Å². The molecule has 5 rings (SSSR count). The molecule has 10 nitrogen and oxygen atoms in total. The van der Waals surface area contributed by atoms with Gasteiger partial charge in [-0.25, -0.2) is 14.8 Å². The van der Waals surface area contributed by atoms with E-state index in [9.17, 15) is 14.7 Å². The largest absolute Gasteiger partial charge is 0.465 e. The number of carbonyl (C=O) groups excluding carboxylic acids is 1. The summed E-state index contributed by atoms with van der Waals surface area (Å²) in [5.74, 6) is 0.683. The molecular weight excluding hydrogens is 434 g/mol. The van der Waals surface area contributed by atoms with E-state index in [-0.39, 0.29) is 11.9 Å². The number of nitrogens with one attached hydrogen (secondary N) is 2. The Morgan fingerprint density at radius 1 is 1.26 bits per heavy atom. The van der Waals surface area contributed by atoms with Crippen LogP contribution in [-0.4, -0.2) is 79.1 Å². The van der Waals surface area contributed by atoms with Crippen LogP contribution in [-0.2, 0) is 18.3 Å². The molecule has 1 unspecified atom stereocenters. The van der Waals surface area contributed by atoms with Crippen molar-refractivity contribution in [1.29, 1.82) is 0 Å². The van der Waals surface area contributed by atoms with Crippen LogP contribution in [0.1, 0.15) is 12.5 Å². The Labute approximate surface area is 196 Å². The van der Waals surface area contributed by atoms with Crippen molar-refractivity contribution in [2.75, 3.05) is 32.0 Å². The fourth-order valence-electron chi connectivity index (χ4n) is 4.83. The summed E-state index contributed by atoms with van der Waals surface area (Å²) in [6.07, 6.45) is 1.35. The lowest BCUT2D eigenvalue weighted by molar-refractivity contribution is -0.131. The van der Waals surface area contributed by atoms with Crippen LogP contribution in [0, 0.1) is 0 Å². The highest BCUT2D eigenvalue weighted by atomic mass is 16.4. The molecule has 34 heavy (non-hydrogen) atoms. The van der Waals surface area contributed by atoms with Crippen molar-refractivity contribution in [1.82, 2.24) is 29.3 Å². The van der Waals surface area contributed by atoms with Gasteiger partial charge in [-0.05, 0) is 29.7 Å². The molecule has 4 heterocycles. The van der Waals surface area contributed by atoms with Crippen molar-refractivity contribution in [3.05, 3.63) is 42.2 Å². The number of carboxylic acid groups (broad SMARTS) is 1. The van der Waals surface area contributed by atoms with Gasteiger partial charge < -0.3 is 29.8 Å². The summed E-state index contributed by atoms with van der Waals surface area (Å²) in [4.78, 5) is 39.4. The molecule has 1 atom stereocenters. The number of benzene rings is 1. The molecule has 0 spiro atoms. The Kier molecular flexibility index (Phi) is 5.35. The lowest BCUT2D eigenvalue weighted by Gasteiger charge is -2.39. The highest BCUT2D eigenvalue weighted by Gasteiger charge is 2.31. The highest BCUT2D eigenvalue weighted by Crippen LogP contribution is 2.32. The van der Waals surface area contributed by atoms with Gasteiger partial charge in [0.05, 0.1) is 17.9 Å². The second kappa shape index (κ2) is 8.36. The van der Waals surface area contributed by atoms with Crippen LogP contribution in [0.2, 0.25) is 0 Å². The minimum atomic E-state index is -0.952. The van der Waals surface area contributed by atoms with E-state index in [2.05, 4.69) is 27.4 Å². The van der Waals surface area contributed by atoms with Crippen molar-refractivity contribution in [2.45, 2.75) is 19.4 Å².